The first kappa shape index (κ1) is 24.5. The largest absolute Gasteiger partial charge is 0.494 e. The van der Waals surface area contributed by atoms with E-state index in [2.05, 4.69) is 6.92 Å². The van der Waals surface area contributed by atoms with E-state index in [0.29, 0.717) is 34.6 Å². The van der Waals surface area contributed by atoms with Crippen molar-refractivity contribution in [3.63, 3.8) is 0 Å². The monoisotopic (exact) mass is 489 g/mol. The number of unbranched alkanes of at least 4 members (excludes halogenated alkanes) is 3. The van der Waals surface area contributed by atoms with Crippen molar-refractivity contribution in [3.8, 4) is 16.9 Å². The summed E-state index contributed by atoms with van der Waals surface area (Å²) in [5.74, 6) is 0.697. The molecule has 4 rings (SSSR count). The van der Waals surface area contributed by atoms with Gasteiger partial charge in [0.05, 0.1) is 33.0 Å². The number of hydrogen-bond donors (Lipinski definition) is 0. The Balaban J connectivity index is 1.78. The van der Waals surface area contributed by atoms with Crippen LogP contribution in [0.25, 0.3) is 22.8 Å². The summed E-state index contributed by atoms with van der Waals surface area (Å²) in [5, 5.41) is 34.7. The summed E-state index contributed by atoms with van der Waals surface area (Å²) < 4.78 is 5.77. The number of rotatable bonds is 10. The van der Waals surface area contributed by atoms with Gasteiger partial charge in [-0.05, 0) is 53.0 Å². The van der Waals surface area contributed by atoms with Crippen LogP contribution in [0.4, 0.5) is 17.1 Å². The zero-order valence-corrected chi connectivity index (χ0v) is 19.5. The van der Waals surface area contributed by atoms with Gasteiger partial charge in [0, 0.05) is 23.8 Å². The minimum absolute atomic E-state index is 0.184. The highest BCUT2D eigenvalue weighted by Crippen LogP contribution is 2.51. The highest BCUT2D eigenvalue weighted by molar-refractivity contribution is 6.09. The number of fused-ring (bicyclic) bond motifs is 3. The average Bonchev–Trinajstić information content (AvgIpc) is 3.16. The molecule has 0 radical (unpaired) electrons. The minimum atomic E-state index is -0.691. The molecule has 0 saturated carbocycles. The number of nitro benzene ring substituents is 3. The van der Waals surface area contributed by atoms with Crippen LogP contribution in [-0.4, -0.2) is 21.4 Å². The van der Waals surface area contributed by atoms with E-state index < -0.39 is 26.1 Å². The summed E-state index contributed by atoms with van der Waals surface area (Å²) in [6, 6.07) is 13.4. The molecule has 1 aliphatic carbocycles. The van der Waals surface area contributed by atoms with Crippen LogP contribution < -0.4 is 4.74 Å². The maximum absolute atomic E-state index is 11.8. The molecule has 10 heteroatoms. The number of nitrogens with zero attached hydrogens (tertiary/aromatic N) is 3. The second-order valence-corrected chi connectivity index (χ2v) is 8.42. The number of non-ortho nitro benzene ring substituents is 2. The number of nitro groups is 3. The molecule has 0 aliphatic heterocycles. The Morgan fingerprint density at radius 1 is 0.750 bits per heavy atom. The maximum Gasteiger partial charge on any atom is 0.284 e. The topological polar surface area (TPSA) is 139 Å². The van der Waals surface area contributed by atoms with E-state index in [1.165, 1.54) is 24.3 Å². The van der Waals surface area contributed by atoms with Gasteiger partial charge in [0.25, 0.3) is 17.1 Å². The van der Waals surface area contributed by atoms with E-state index in [4.69, 9.17) is 4.74 Å². The number of benzene rings is 3. The van der Waals surface area contributed by atoms with Crippen molar-refractivity contribution in [3.05, 3.63) is 102 Å². The van der Waals surface area contributed by atoms with E-state index in [1.54, 1.807) is 30.3 Å². The molecule has 10 nitrogen and oxygen atoms in total. The van der Waals surface area contributed by atoms with Gasteiger partial charge in [-0.15, -0.1) is 0 Å². The van der Waals surface area contributed by atoms with Crippen LogP contribution in [0.1, 0.15) is 49.3 Å². The van der Waals surface area contributed by atoms with Gasteiger partial charge < -0.3 is 4.74 Å². The molecule has 0 unspecified atom stereocenters. The lowest BCUT2D eigenvalue weighted by Crippen LogP contribution is -1.97. The molecule has 36 heavy (non-hydrogen) atoms. The fraction of sp³-hybridized carbons (Fsp3) is 0.231. The number of ether oxygens (including phenoxy) is 1. The van der Waals surface area contributed by atoms with Crippen molar-refractivity contribution in [1.29, 1.82) is 0 Å². The van der Waals surface area contributed by atoms with E-state index in [1.807, 2.05) is 0 Å². The summed E-state index contributed by atoms with van der Waals surface area (Å²) in [5.41, 5.74) is 1.40. The third-order valence-electron chi connectivity index (χ3n) is 6.03. The second-order valence-electron chi connectivity index (χ2n) is 8.42. The molecule has 0 N–H and O–H groups in total. The molecule has 3 aromatic rings. The van der Waals surface area contributed by atoms with Gasteiger partial charge >= 0.3 is 0 Å². The summed E-state index contributed by atoms with van der Waals surface area (Å²) >= 11 is 0. The van der Waals surface area contributed by atoms with Crippen molar-refractivity contribution in [2.75, 3.05) is 6.61 Å². The van der Waals surface area contributed by atoms with Gasteiger partial charge in [-0.2, -0.15) is 0 Å². The minimum Gasteiger partial charge on any atom is -0.494 e. The van der Waals surface area contributed by atoms with Crippen LogP contribution in [0.5, 0.6) is 5.75 Å². The van der Waals surface area contributed by atoms with Gasteiger partial charge in [0.15, 0.2) is 0 Å². The molecular weight excluding hydrogens is 466 g/mol. The Morgan fingerprint density at radius 2 is 1.44 bits per heavy atom. The van der Waals surface area contributed by atoms with E-state index >= 15 is 0 Å². The first-order valence-corrected chi connectivity index (χ1v) is 11.5. The fourth-order valence-corrected chi connectivity index (χ4v) is 4.29. The zero-order valence-electron chi connectivity index (χ0n) is 19.5. The number of hydrogen-bond acceptors (Lipinski definition) is 7. The van der Waals surface area contributed by atoms with Crippen LogP contribution in [0.2, 0.25) is 0 Å². The van der Waals surface area contributed by atoms with E-state index in [-0.39, 0.29) is 16.8 Å². The van der Waals surface area contributed by atoms with Crippen LogP contribution in [0.3, 0.4) is 0 Å². The van der Waals surface area contributed by atoms with Crippen molar-refractivity contribution in [2.24, 2.45) is 0 Å². The smallest absolute Gasteiger partial charge is 0.284 e. The molecule has 0 aromatic heterocycles. The normalized spacial score (nSPS) is 12.8. The predicted octanol–water partition coefficient (Wildman–Crippen LogP) is 6.94. The summed E-state index contributed by atoms with van der Waals surface area (Å²) in [4.78, 5) is 32.8. The van der Waals surface area contributed by atoms with Crippen molar-refractivity contribution in [2.45, 2.75) is 32.6 Å². The Bertz CT molecular complexity index is 1380. The maximum atomic E-state index is 11.8. The predicted molar refractivity (Wildman–Crippen MR) is 135 cm³/mol. The lowest BCUT2D eigenvalue weighted by Gasteiger charge is -2.07. The molecule has 0 amide bonds. The van der Waals surface area contributed by atoms with E-state index in [9.17, 15) is 30.3 Å². The lowest BCUT2D eigenvalue weighted by molar-refractivity contribution is -0.393. The highest BCUT2D eigenvalue weighted by atomic mass is 16.6. The van der Waals surface area contributed by atoms with Gasteiger partial charge in [0.1, 0.15) is 5.75 Å². The Labute approximate surface area is 206 Å². The molecule has 3 aromatic carbocycles. The van der Waals surface area contributed by atoms with Crippen LogP contribution in [0.15, 0.2) is 54.6 Å². The first-order chi connectivity index (χ1) is 17.3. The molecule has 184 valence electrons. The van der Waals surface area contributed by atoms with Crippen molar-refractivity contribution >= 4 is 28.7 Å². The van der Waals surface area contributed by atoms with Crippen LogP contribution in [0, 0.1) is 30.3 Å². The summed E-state index contributed by atoms with van der Waals surface area (Å²) in [6.45, 7) is 2.75. The van der Waals surface area contributed by atoms with Gasteiger partial charge in [0.2, 0.25) is 0 Å². The van der Waals surface area contributed by atoms with Crippen LogP contribution in [-0.2, 0) is 0 Å². The Morgan fingerprint density at radius 3 is 2.08 bits per heavy atom. The molecule has 0 saturated heterocycles. The summed E-state index contributed by atoms with van der Waals surface area (Å²) in [6.07, 6.45) is 6.08. The molecule has 0 bridgehead atoms. The molecule has 1 aliphatic rings. The lowest BCUT2D eigenvalue weighted by atomic mass is 10.00. The third-order valence-corrected chi connectivity index (χ3v) is 6.03. The van der Waals surface area contributed by atoms with Gasteiger partial charge in [-0.1, -0.05) is 38.3 Å². The quantitative estimate of drug-likeness (QED) is 0.133. The van der Waals surface area contributed by atoms with Crippen LogP contribution >= 0.6 is 0 Å². The molecule has 0 fully saturated rings. The Hall–Kier alpha value is -4.60. The third kappa shape index (κ3) is 4.92. The van der Waals surface area contributed by atoms with Crippen molar-refractivity contribution in [1.82, 2.24) is 0 Å². The standard InChI is InChI=1S/C26H23N3O7/c1-2-3-4-5-12-36-20-9-6-17(7-10-20)13-22-23-14-18(27(30)31)8-11-21(23)26-24(22)15-19(28(32)33)16-25(26)29(34)35/h6-11,13-16H,2-5,12H2,1H3/b22-13+. The van der Waals surface area contributed by atoms with E-state index in [0.717, 1.165) is 31.7 Å². The SMILES string of the molecule is CCCCCCOc1ccc(/C=C2\c3cc([N+](=O)[O-])ccc3-c3c2cc([N+](=O)[O-])cc3[N+](=O)[O-])cc1. The van der Waals surface area contributed by atoms with Gasteiger partial charge in [-0.25, -0.2) is 0 Å². The van der Waals surface area contributed by atoms with Crippen molar-refractivity contribution < 1.29 is 19.5 Å². The molecular formula is C26H23N3O7. The summed E-state index contributed by atoms with van der Waals surface area (Å²) in [7, 11) is 0. The van der Waals surface area contributed by atoms with Gasteiger partial charge in [-0.3, -0.25) is 30.3 Å². The highest BCUT2D eigenvalue weighted by Gasteiger charge is 2.34. The average molecular weight is 489 g/mol. The fourth-order valence-electron chi connectivity index (χ4n) is 4.29. The molecule has 0 heterocycles. The Kier molecular flexibility index (Phi) is 7.05. The molecule has 0 spiro atoms. The second kappa shape index (κ2) is 10.3. The zero-order chi connectivity index (χ0) is 25.8. The molecule has 0 atom stereocenters. The first-order valence-electron chi connectivity index (χ1n) is 11.5.